The van der Waals surface area contributed by atoms with E-state index in [-0.39, 0.29) is 24.6 Å². The standard InChI is InChI=1S/C34H50N4O5/c1-6-7-14-27(17-23(2)3)38(34(35)42)22-31(39)30(18-25-12-9-8-10-13-25)36-33(41)26-19-28(37-16-11-15-32(37)40)21-29(20-26)43-24(4)5/h8-10,12-13,19-21,23-24,27,30-31,39H,6-7,11,14-18,22H2,1-5H3,(H2,35,42)(H,36,41)/t27-,30-,31+/m0/s1. The summed E-state index contributed by atoms with van der Waals surface area (Å²) in [6, 6.07) is 13.3. The highest BCUT2D eigenvalue weighted by molar-refractivity contribution is 5.99. The van der Waals surface area contributed by atoms with E-state index in [1.807, 2.05) is 44.2 Å². The van der Waals surface area contributed by atoms with Crippen LogP contribution in [0.15, 0.2) is 48.5 Å². The van der Waals surface area contributed by atoms with Gasteiger partial charge in [-0.05, 0) is 63.1 Å². The van der Waals surface area contributed by atoms with Gasteiger partial charge in [0.15, 0.2) is 0 Å². The Labute approximate surface area is 256 Å². The summed E-state index contributed by atoms with van der Waals surface area (Å²) in [5, 5.41) is 14.6. The molecule has 0 aliphatic carbocycles. The number of carbonyl (C=O) groups excluding carboxylic acids is 3. The first-order valence-corrected chi connectivity index (χ1v) is 15.7. The Hall–Kier alpha value is -3.59. The lowest BCUT2D eigenvalue weighted by atomic mass is 9.95. The van der Waals surface area contributed by atoms with E-state index in [9.17, 15) is 19.5 Å². The van der Waals surface area contributed by atoms with Gasteiger partial charge in [0.25, 0.3) is 5.91 Å². The van der Waals surface area contributed by atoms with Gasteiger partial charge in [0.05, 0.1) is 24.8 Å². The first-order valence-electron chi connectivity index (χ1n) is 15.7. The van der Waals surface area contributed by atoms with Crippen LogP contribution in [0.1, 0.15) is 89.1 Å². The van der Waals surface area contributed by atoms with Crippen LogP contribution in [0.5, 0.6) is 5.75 Å². The second kappa shape index (κ2) is 16.3. The Morgan fingerprint density at radius 3 is 2.42 bits per heavy atom. The highest BCUT2D eigenvalue weighted by atomic mass is 16.5. The number of nitrogens with two attached hydrogens (primary N) is 1. The SMILES string of the molecule is CCCC[C@@H](CC(C)C)N(C[C@@H](O)[C@H](Cc1ccccc1)NC(=O)c1cc(OC(C)C)cc(N2CCCC2=O)c1)C(N)=O. The first kappa shape index (κ1) is 33.9. The van der Waals surface area contributed by atoms with Crippen molar-refractivity contribution in [3.05, 3.63) is 59.7 Å². The Kier molecular flexibility index (Phi) is 12.9. The van der Waals surface area contributed by atoms with Gasteiger partial charge in [-0.15, -0.1) is 0 Å². The number of rotatable bonds is 16. The van der Waals surface area contributed by atoms with Gasteiger partial charge in [-0.1, -0.05) is 63.9 Å². The molecule has 1 aliphatic heterocycles. The van der Waals surface area contributed by atoms with E-state index in [1.165, 1.54) is 0 Å². The lowest BCUT2D eigenvalue weighted by Gasteiger charge is -2.35. The van der Waals surface area contributed by atoms with Crippen LogP contribution < -0.4 is 20.7 Å². The molecule has 43 heavy (non-hydrogen) atoms. The van der Waals surface area contributed by atoms with E-state index in [4.69, 9.17) is 10.5 Å². The van der Waals surface area contributed by atoms with Crippen LogP contribution in [0.2, 0.25) is 0 Å². The maximum atomic E-state index is 13.8. The third kappa shape index (κ3) is 10.3. The molecule has 0 aromatic heterocycles. The fourth-order valence-corrected chi connectivity index (χ4v) is 5.67. The zero-order chi connectivity index (χ0) is 31.5. The Morgan fingerprint density at radius 2 is 1.84 bits per heavy atom. The van der Waals surface area contributed by atoms with Crippen LogP contribution in [0.25, 0.3) is 0 Å². The monoisotopic (exact) mass is 594 g/mol. The van der Waals surface area contributed by atoms with Gasteiger partial charge >= 0.3 is 6.03 Å². The molecule has 2 aromatic carbocycles. The van der Waals surface area contributed by atoms with E-state index in [1.54, 1.807) is 28.0 Å². The van der Waals surface area contributed by atoms with Crippen LogP contribution in [0.4, 0.5) is 10.5 Å². The smallest absolute Gasteiger partial charge is 0.315 e. The van der Waals surface area contributed by atoms with Crippen molar-refractivity contribution < 1.29 is 24.2 Å². The molecular weight excluding hydrogens is 544 g/mol. The summed E-state index contributed by atoms with van der Waals surface area (Å²) in [5.74, 6) is 0.441. The highest BCUT2D eigenvalue weighted by Gasteiger charge is 2.30. The molecule has 0 spiro atoms. The summed E-state index contributed by atoms with van der Waals surface area (Å²) < 4.78 is 5.93. The van der Waals surface area contributed by atoms with Gasteiger partial charge in [-0.2, -0.15) is 0 Å². The summed E-state index contributed by atoms with van der Waals surface area (Å²) in [5.41, 5.74) is 7.73. The number of ether oxygens (including phenoxy) is 1. The second-order valence-electron chi connectivity index (χ2n) is 12.3. The average molecular weight is 595 g/mol. The Balaban J connectivity index is 1.91. The van der Waals surface area contributed by atoms with Crippen molar-refractivity contribution in [2.75, 3.05) is 18.0 Å². The number of nitrogens with one attached hydrogen (secondary N) is 1. The van der Waals surface area contributed by atoms with Crippen molar-refractivity contribution in [1.82, 2.24) is 10.2 Å². The second-order valence-corrected chi connectivity index (χ2v) is 12.3. The van der Waals surface area contributed by atoms with Crippen molar-refractivity contribution in [3.63, 3.8) is 0 Å². The molecule has 1 saturated heterocycles. The molecular formula is C34H50N4O5. The van der Waals surface area contributed by atoms with Gasteiger partial charge in [0.1, 0.15) is 5.75 Å². The molecule has 3 atom stereocenters. The Bertz CT molecular complexity index is 1200. The molecule has 236 valence electrons. The molecule has 0 unspecified atom stereocenters. The summed E-state index contributed by atoms with van der Waals surface area (Å²) in [7, 11) is 0. The van der Waals surface area contributed by atoms with Gasteiger partial charge in [0, 0.05) is 36.3 Å². The number of unbranched alkanes of at least 4 members (excludes halogenated alkanes) is 1. The van der Waals surface area contributed by atoms with E-state index >= 15 is 0 Å². The van der Waals surface area contributed by atoms with Crippen molar-refractivity contribution in [1.29, 1.82) is 0 Å². The van der Waals surface area contributed by atoms with Crippen molar-refractivity contribution in [2.24, 2.45) is 11.7 Å². The first-order chi connectivity index (χ1) is 20.5. The maximum Gasteiger partial charge on any atom is 0.315 e. The molecule has 1 fully saturated rings. The van der Waals surface area contributed by atoms with Gasteiger partial charge in [-0.3, -0.25) is 9.59 Å². The fourth-order valence-electron chi connectivity index (χ4n) is 5.67. The maximum absolute atomic E-state index is 13.8. The molecule has 4 N–H and O–H groups in total. The predicted octanol–water partition coefficient (Wildman–Crippen LogP) is 5.29. The number of anilines is 1. The minimum atomic E-state index is -1.08. The summed E-state index contributed by atoms with van der Waals surface area (Å²) in [6.45, 7) is 10.7. The Morgan fingerprint density at radius 1 is 1.12 bits per heavy atom. The number of urea groups is 1. The fraction of sp³-hybridized carbons (Fsp3) is 0.559. The number of amides is 4. The molecule has 3 rings (SSSR count). The quantitative estimate of drug-likeness (QED) is 0.244. The van der Waals surface area contributed by atoms with Gasteiger partial charge in [0.2, 0.25) is 5.91 Å². The number of benzene rings is 2. The molecule has 2 aromatic rings. The number of aliphatic hydroxyl groups excluding tert-OH is 1. The number of aliphatic hydroxyl groups is 1. The van der Waals surface area contributed by atoms with Gasteiger partial charge in [-0.25, -0.2) is 4.79 Å². The number of nitrogens with zero attached hydrogens (tertiary/aromatic N) is 2. The van der Waals surface area contributed by atoms with Crippen molar-refractivity contribution >= 4 is 23.5 Å². The lowest BCUT2D eigenvalue weighted by molar-refractivity contribution is -0.117. The third-order valence-electron chi connectivity index (χ3n) is 7.73. The topological polar surface area (TPSA) is 125 Å². The number of primary amides is 1. The largest absolute Gasteiger partial charge is 0.491 e. The zero-order valence-corrected chi connectivity index (χ0v) is 26.4. The van der Waals surface area contributed by atoms with Crippen molar-refractivity contribution in [2.45, 2.75) is 104 Å². The number of carbonyl (C=O) groups is 3. The van der Waals surface area contributed by atoms with Crippen LogP contribution >= 0.6 is 0 Å². The number of hydrogen-bond acceptors (Lipinski definition) is 5. The molecule has 9 nitrogen and oxygen atoms in total. The highest BCUT2D eigenvalue weighted by Crippen LogP contribution is 2.29. The molecule has 0 bridgehead atoms. The average Bonchev–Trinajstić information content (AvgIpc) is 3.39. The van der Waals surface area contributed by atoms with Crippen LogP contribution in [0.3, 0.4) is 0 Å². The van der Waals surface area contributed by atoms with Gasteiger partial charge < -0.3 is 30.7 Å². The van der Waals surface area contributed by atoms with E-state index in [0.29, 0.717) is 42.3 Å². The van der Waals surface area contributed by atoms with Crippen LogP contribution in [-0.4, -0.2) is 65.2 Å². The lowest BCUT2D eigenvalue weighted by Crippen LogP contribution is -2.54. The van der Waals surface area contributed by atoms with Crippen molar-refractivity contribution in [3.8, 4) is 5.75 Å². The van der Waals surface area contributed by atoms with Crippen LogP contribution in [0, 0.1) is 5.92 Å². The summed E-state index contributed by atoms with van der Waals surface area (Å²) in [6.07, 6.45) is 3.86. The zero-order valence-electron chi connectivity index (χ0n) is 26.4. The minimum absolute atomic E-state index is 0.00174. The molecule has 9 heteroatoms. The van der Waals surface area contributed by atoms with E-state index < -0.39 is 24.1 Å². The molecule has 1 heterocycles. The molecule has 1 aliphatic rings. The number of hydrogen-bond donors (Lipinski definition) is 3. The molecule has 4 amide bonds. The molecule has 0 radical (unpaired) electrons. The van der Waals surface area contributed by atoms with E-state index in [0.717, 1.165) is 37.7 Å². The van der Waals surface area contributed by atoms with Crippen LogP contribution in [-0.2, 0) is 11.2 Å². The normalized spacial score (nSPS) is 15.4. The third-order valence-corrected chi connectivity index (χ3v) is 7.73. The summed E-state index contributed by atoms with van der Waals surface area (Å²) in [4.78, 5) is 42.2. The minimum Gasteiger partial charge on any atom is -0.491 e. The molecule has 0 saturated carbocycles. The summed E-state index contributed by atoms with van der Waals surface area (Å²) >= 11 is 0. The predicted molar refractivity (Wildman–Crippen MR) is 170 cm³/mol. The van der Waals surface area contributed by atoms with E-state index in [2.05, 4.69) is 26.1 Å².